The number of carboxylic acid groups (broad SMARTS) is 1. The fraction of sp³-hybridized carbons (Fsp3) is 0.600. The number of hydrogen-bond acceptors (Lipinski definition) is 6. The molecule has 1 saturated heterocycles. The Bertz CT molecular complexity index is 738. The molecule has 1 aromatic rings. The number of aliphatic hydroxyl groups is 1. The van der Waals surface area contributed by atoms with Gasteiger partial charge in [-0.15, -0.1) is 11.8 Å². The molecule has 1 unspecified atom stereocenters. The highest BCUT2D eigenvalue weighted by Crippen LogP contribution is 2.51. The van der Waals surface area contributed by atoms with E-state index in [9.17, 15) is 19.8 Å². The molecule has 1 fully saturated rings. The number of carbonyl (C=O) groups is 2. The molecule has 0 radical (unpaired) electrons. The zero-order valence-electron chi connectivity index (χ0n) is 13.3. The summed E-state index contributed by atoms with van der Waals surface area (Å²) in [6.45, 7) is 4.96. The summed E-state index contributed by atoms with van der Waals surface area (Å²) in [5.74, 6) is -2.31. The predicted molar refractivity (Wildman–Crippen MR) is 80.8 cm³/mol. The number of fused-ring (bicyclic) bond motifs is 2. The minimum atomic E-state index is -1.32. The maximum absolute atomic E-state index is 12.3. The Morgan fingerprint density at radius 3 is 2.96 bits per heavy atom. The van der Waals surface area contributed by atoms with Crippen LogP contribution in [0.15, 0.2) is 23.3 Å². The van der Waals surface area contributed by atoms with Crippen LogP contribution < -0.4 is 9.79 Å². The van der Waals surface area contributed by atoms with Crippen molar-refractivity contribution in [3.63, 3.8) is 0 Å². The fourth-order valence-electron chi connectivity index (χ4n) is 4.02. The number of aromatic nitrogens is 3. The number of carboxylic acids is 1. The summed E-state index contributed by atoms with van der Waals surface area (Å²) >= 11 is 1.50. The fourth-order valence-corrected chi connectivity index (χ4v) is 5.48. The molecular weight excluding hydrogens is 332 g/mol. The lowest BCUT2D eigenvalue weighted by Crippen LogP contribution is -2.64. The molecule has 0 spiro atoms. The van der Waals surface area contributed by atoms with Crippen LogP contribution in [0.25, 0.3) is 0 Å². The number of rotatable bonds is 4. The molecule has 24 heavy (non-hydrogen) atoms. The van der Waals surface area contributed by atoms with Gasteiger partial charge in [-0.3, -0.25) is 4.79 Å². The summed E-state index contributed by atoms with van der Waals surface area (Å²) in [6, 6.07) is -0.289. The molecule has 0 saturated carbocycles. The minimum Gasteiger partial charge on any atom is -0.543 e. The summed E-state index contributed by atoms with van der Waals surface area (Å²) in [6.07, 6.45) is 2.70. The van der Waals surface area contributed by atoms with Gasteiger partial charge >= 0.3 is 6.33 Å². The van der Waals surface area contributed by atoms with Gasteiger partial charge in [0, 0.05) is 10.8 Å². The van der Waals surface area contributed by atoms with Crippen molar-refractivity contribution in [2.24, 2.45) is 11.8 Å². The van der Waals surface area contributed by atoms with Crippen molar-refractivity contribution in [3.05, 3.63) is 23.3 Å². The normalized spacial score (nSPS) is 32.6. The average Bonchev–Trinajstić information content (AvgIpc) is 3.12. The Labute approximate surface area is 142 Å². The molecule has 0 aromatic carbocycles. The van der Waals surface area contributed by atoms with Crippen LogP contribution in [-0.2, 0) is 22.7 Å². The molecule has 4 heterocycles. The third kappa shape index (κ3) is 2.04. The van der Waals surface area contributed by atoms with Gasteiger partial charge in [0.25, 0.3) is 0 Å². The number of aliphatic hydroxyl groups excluding tert-OH is 1. The largest absolute Gasteiger partial charge is 0.543 e. The Balaban J connectivity index is 1.61. The highest BCUT2D eigenvalue weighted by molar-refractivity contribution is 8.03. The van der Waals surface area contributed by atoms with E-state index in [0.29, 0.717) is 4.91 Å². The van der Waals surface area contributed by atoms with Crippen LogP contribution in [0, 0.1) is 11.8 Å². The van der Waals surface area contributed by atoms with Crippen molar-refractivity contribution in [2.75, 3.05) is 0 Å². The lowest BCUT2D eigenvalue weighted by atomic mass is 9.79. The summed E-state index contributed by atoms with van der Waals surface area (Å²) in [5.41, 5.74) is -0.0147. The molecule has 3 aliphatic rings. The van der Waals surface area contributed by atoms with Crippen molar-refractivity contribution in [3.8, 4) is 0 Å². The van der Waals surface area contributed by atoms with E-state index < -0.39 is 18.0 Å². The quantitative estimate of drug-likeness (QED) is 0.503. The van der Waals surface area contributed by atoms with E-state index in [2.05, 4.69) is 4.98 Å². The maximum atomic E-state index is 12.3. The van der Waals surface area contributed by atoms with Crippen LogP contribution in [0.2, 0.25) is 0 Å². The standard InChI is InChI=1S/C15H18N4O4S/c1-7-11-10(8(2)20)14(21)19(11)12(15(22)23)13(7)24-9-3-17-5-16-6-18(17)4-9/h5-11,20H,3-4H2,1-2H3/t7-,8?,10-,11-/m1/s1. The van der Waals surface area contributed by atoms with Crippen molar-refractivity contribution in [1.29, 1.82) is 0 Å². The number of β-lactam (4-membered cyclic amide) rings is 1. The van der Waals surface area contributed by atoms with Crippen molar-refractivity contribution >= 4 is 23.6 Å². The smallest absolute Gasteiger partial charge is 0.306 e. The van der Waals surface area contributed by atoms with Crippen LogP contribution in [-0.4, -0.2) is 48.9 Å². The molecule has 1 amide bonds. The Morgan fingerprint density at radius 2 is 2.33 bits per heavy atom. The zero-order valence-corrected chi connectivity index (χ0v) is 14.1. The van der Waals surface area contributed by atoms with Gasteiger partial charge < -0.3 is 19.9 Å². The minimum absolute atomic E-state index is 0.0147. The van der Waals surface area contributed by atoms with Gasteiger partial charge in [-0.2, -0.15) is 9.36 Å². The van der Waals surface area contributed by atoms with Gasteiger partial charge in [-0.1, -0.05) is 6.92 Å². The molecule has 1 aromatic heterocycles. The molecule has 1 N–H and O–H groups in total. The molecule has 0 bridgehead atoms. The van der Waals surface area contributed by atoms with Gasteiger partial charge in [0.05, 0.1) is 41.5 Å². The second-order valence-electron chi connectivity index (χ2n) is 6.62. The van der Waals surface area contributed by atoms with Gasteiger partial charge in [-0.25, -0.2) is 0 Å². The number of hydrogen-bond donors (Lipinski definition) is 1. The van der Waals surface area contributed by atoms with Gasteiger partial charge in [0.2, 0.25) is 12.2 Å². The monoisotopic (exact) mass is 350 g/mol. The summed E-state index contributed by atoms with van der Waals surface area (Å²) < 4.78 is 3.96. The Kier molecular flexibility index (Phi) is 3.47. The Hall–Kier alpha value is -1.87. The lowest BCUT2D eigenvalue weighted by molar-refractivity contribution is -0.758. The van der Waals surface area contributed by atoms with E-state index in [1.807, 2.05) is 16.3 Å². The van der Waals surface area contributed by atoms with Crippen molar-refractivity contribution in [1.82, 2.24) is 14.6 Å². The topological polar surface area (TPSA) is 102 Å². The van der Waals surface area contributed by atoms with Crippen LogP contribution >= 0.6 is 11.8 Å². The number of nitrogens with zero attached hydrogens (tertiary/aromatic N) is 4. The van der Waals surface area contributed by atoms with Crippen LogP contribution in [0.4, 0.5) is 0 Å². The molecular formula is C15H18N4O4S. The van der Waals surface area contributed by atoms with E-state index in [-0.39, 0.29) is 28.8 Å². The van der Waals surface area contributed by atoms with Gasteiger partial charge in [-0.05, 0) is 11.9 Å². The molecule has 0 aliphatic carbocycles. The molecule has 8 nitrogen and oxygen atoms in total. The van der Waals surface area contributed by atoms with Crippen LogP contribution in [0.1, 0.15) is 13.8 Å². The highest BCUT2D eigenvalue weighted by Gasteiger charge is 2.59. The number of aliphatic carboxylic acids is 1. The number of amides is 1. The summed E-state index contributed by atoms with van der Waals surface area (Å²) in [5, 5.41) is 21.7. The van der Waals surface area contributed by atoms with E-state index in [4.69, 9.17) is 0 Å². The van der Waals surface area contributed by atoms with Crippen molar-refractivity contribution in [2.45, 2.75) is 44.3 Å². The summed E-state index contributed by atoms with van der Waals surface area (Å²) in [7, 11) is 0. The SMILES string of the molecule is CC(O)[C@H]1C(=O)N2C(C(=O)[O-])=C(SC3Cn4cnc[n+]4C3)[C@H](C)[C@H]12. The number of thioether (sulfide) groups is 1. The van der Waals surface area contributed by atoms with E-state index in [1.54, 1.807) is 19.6 Å². The second kappa shape index (κ2) is 5.32. The van der Waals surface area contributed by atoms with Crippen molar-refractivity contribution < 1.29 is 24.5 Å². The molecule has 4 atom stereocenters. The van der Waals surface area contributed by atoms with E-state index in [1.165, 1.54) is 16.7 Å². The summed E-state index contributed by atoms with van der Waals surface area (Å²) in [4.78, 5) is 30.0. The molecule has 128 valence electrons. The first-order valence-corrected chi connectivity index (χ1v) is 8.81. The number of carbonyl (C=O) groups excluding carboxylic acids is 2. The van der Waals surface area contributed by atoms with Crippen LogP contribution in [0.3, 0.4) is 0 Å². The van der Waals surface area contributed by atoms with Crippen LogP contribution in [0.5, 0.6) is 0 Å². The maximum Gasteiger partial charge on any atom is 0.306 e. The third-order valence-electron chi connectivity index (χ3n) is 5.11. The zero-order chi connectivity index (χ0) is 17.2. The second-order valence-corrected chi connectivity index (χ2v) is 7.96. The molecule has 9 heteroatoms. The van der Waals surface area contributed by atoms with E-state index >= 15 is 0 Å². The average molecular weight is 350 g/mol. The van der Waals surface area contributed by atoms with Gasteiger partial charge in [0.1, 0.15) is 6.54 Å². The predicted octanol–water partition coefficient (Wildman–Crippen LogP) is -1.89. The van der Waals surface area contributed by atoms with Gasteiger partial charge in [0.15, 0.2) is 0 Å². The molecule has 3 aliphatic heterocycles. The lowest BCUT2D eigenvalue weighted by Gasteiger charge is -2.47. The third-order valence-corrected chi connectivity index (χ3v) is 6.56. The molecule has 4 rings (SSSR count). The Morgan fingerprint density at radius 1 is 1.58 bits per heavy atom. The first-order valence-electron chi connectivity index (χ1n) is 7.93. The first kappa shape index (κ1) is 15.6. The highest BCUT2D eigenvalue weighted by atomic mass is 32.2. The van der Waals surface area contributed by atoms with E-state index in [0.717, 1.165) is 13.1 Å². The first-order chi connectivity index (χ1) is 11.4.